The van der Waals surface area contributed by atoms with Crippen LogP contribution in [0.5, 0.6) is 0 Å². The van der Waals surface area contributed by atoms with E-state index in [0.29, 0.717) is 5.01 Å². The lowest BCUT2D eigenvalue weighted by Crippen LogP contribution is -2.47. The molecule has 2 aromatic rings. The maximum absolute atomic E-state index is 11.5. The van der Waals surface area contributed by atoms with Crippen LogP contribution in [-0.4, -0.2) is 16.0 Å². The fourth-order valence-corrected chi connectivity index (χ4v) is 2.31. The second kappa shape index (κ2) is 5.03. The predicted molar refractivity (Wildman–Crippen MR) is 62.0 cm³/mol. The molecule has 1 atom stereocenters. The standard InChI is InChI=1S/C11H11N3O2S/c12-10(16)9(11-13-3-5-17-11)14-4-1-2-8(6-14)7-15/h1-6,9,15H,7H2,(H-,12,16)/p+1. The van der Waals surface area contributed by atoms with E-state index in [1.54, 1.807) is 40.7 Å². The van der Waals surface area contributed by atoms with Crippen LogP contribution >= 0.6 is 11.3 Å². The van der Waals surface area contributed by atoms with E-state index in [2.05, 4.69) is 4.98 Å². The summed E-state index contributed by atoms with van der Waals surface area (Å²) in [5.41, 5.74) is 6.11. The van der Waals surface area contributed by atoms with Crippen molar-refractivity contribution >= 4 is 17.2 Å². The minimum Gasteiger partial charge on any atom is -0.391 e. The number of amides is 1. The Bertz CT molecular complexity index is 513. The Hall–Kier alpha value is -1.79. The number of nitrogens with two attached hydrogens (primary N) is 1. The van der Waals surface area contributed by atoms with Gasteiger partial charge in [0.05, 0.1) is 6.61 Å². The first-order chi connectivity index (χ1) is 8.22. The van der Waals surface area contributed by atoms with Crippen molar-refractivity contribution in [2.45, 2.75) is 12.6 Å². The van der Waals surface area contributed by atoms with Crippen molar-refractivity contribution < 1.29 is 14.5 Å². The molecule has 3 N–H and O–H groups in total. The van der Waals surface area contributed by atoms with Gasteiger partial charge >= 0.3 is 0 Å². The summed E-state index contributed by atoms with van der Waals surface area (Å²) in [6, 6.07) is 2.91. The van der Waals surface area contributed by atoms with Gasteiger partial charge in [-0.05, 0) is 6.07 Å². The van der Waals surface area contributed by atoms with E-state index in [0.717, 1.165) is 5.56 Å². The molecule has 2 heterocycles. The molecule has 88 valence electrons. The zero-order valence-electron chi connectivity index (χ0n) is 8.98. The van der Waals surface area contributed by atoms with Gasteiger partial charge in [0.15, 0.2) is 17.4 Å². The minimum atomic E-state index is -0.624. The van der Waals surface area contributed by atoms with Crippen LogP contribution < -0.4 is 10.3 Å². The molecule has 0 spiro atoms. The van der Waals surface area contributed by atoms with Gasteiger partial charge in [-0.1, -0.05) is 0 Å². The van der Waals surface area contributed by atoms with Gasteiger partial charge in [0.2, 0.25) is 0 Å². The van der Waals surface area contributed by atoms with Crippen LogP contribution in [0.4, 0.5) is 0 Å². The van der Waals surface area contributed by atoms with E-state index in [9.17, 15) is 4.79 Å². The molecule has 0 saturated heterocycles. The number of pyridine rings is 1. The third-order valence-electron chi connectivity index (χ3n) is 2.32. The third kappa shape index (κ3) is 2.48. The number of carbonyl (C=O) groups excluding carboxylic acids is 1. The van der Waals surface area contributed by atoms with Crippen molar-refractivity contribution in [2.75, 3.05) is 0 Å². The van der Waals surface area contributed by atoms with E-state index in [1.165, 1.54) is 11.3 Å². The molecule has 0 aliphatic heterocycles. The van der Waals surface area contributed by atoms with Crippen LogP contribution in [0.15, 0.2) is 36.1 Å². The summed E-state index contributed by atoms with van der Waals surface area (Å²) >= 11 is 1.37. The van der Waals surface area contributed by atoms with Crippen molar-refractivity contribution in [3.63, 3.8) is 0 Å². The van der Waals surface area contributed by atoms with Crippen LogP contribution in [0, 0.1) is 0 Å². The number of rotatable bonds is 4. The first-order valence-corrected chi connectivity index (χ1v) is 5.89. The Morgan fingerprint density at radius 1 is 1.65 bits per heavy atom. The summed E-state index contributed by atoms with van der Waals surface area (Å²) in [7, 11) is 0. The quantitative estimate of drug-likeness (QED) is 0.749. The molecule has 2 aromatic heterocycles. The van der Waals surface area contributed by atoms with Gasteiger partial charge in [-0.3, -0.25) is 4.79 Å². The molecule has 2 rings (SSSR count). The SMILES string of the molecule is NC(=O)C(c1nccs1)[n+]1cccc(CO)c1. The third-order valence-corrected chi connectivity index (χ3v) is 3.15. The van der Waals surface area contributed by atoms with Crippen LogP contribution in [0.2, 0.25) is 0 Å². The Morgan fingerprint density at radius 2 is 2.47 bits per heavy atom. The maximum atomic E-state index is 11.5. The van der Waals surface area contributed by atoms with Crippen LogP contribution in [0.25, 0.3) is 0 Å². The van der Waals surface area contributed by atoms with E-state index >= 15 is 0 Å². The van der Waals surface area contributed by atoms with Gasteiger partial charge in [0, 0.05) is 23.2 Å². The summed E-state index contributed by atoms with van der Waals surface area (Å²) in [6.07, 6.45) is 5.05. The number of thiazole rings is 1. The average Bonchev–Trinajstić information content (AvgIpc) is 2.83. The summed E-state index contributed by atoms with van der Waals surface area (Å²) in [6.45, 7) is -0.0792. The molecule has 0 radical (unpaired) electrons. The number of aliphatic hydroxyl groups is 1. The van der Waals surface area contributed by atoms with Crippen molar-refractivity contribution in [1.29, 1.82) is 0 Å². The summed E-state index contributed by atoms with van der Waals surface area (Å²) in [4.78, 5) is 15.6. The number of primary amides is 1. The van der Waals surface area contributed by atoms with Crippen molar-refractivity contribution in [3.05, 3.63) is 46.7 Å². The van der Waals surface area contributed by atoms with Gasteiger partial charge in [-0.15, -0.1) is 11.3 Å². The molecule has 0 bridgehead atoms. The lowest BCUT2D eigenvalue weighted by Gasteiger charge is -2.06. The number of aliphatic hydroxyl groups excluding tert-OH is 1. The van der Waals surface area contributed by atoms with Crippen molar-refractivity contribution in [2.24, 2.45) is 5.73 Å². The number of hydrogen-bond acceptors (Lipinski definition) is 4. The van der Waals surface area contributed by atoms with E-state index in [-0.39, 0.29) is 6.61 Å². The molecule has 17 heavy (non-hydrogen) atoms. The number of hydrogen-bond donors (Lipinski definition) is 2. The molecule has 5 nitrogen and oxygen atoms in total. The Morgan fingerprint density at radius 3 is 3.06 bits per heavy atom. The highest BCUT2D eigenvalue weighted by Gasteiger charge is 2.29. The molecule has 0 aromatic carbocycles. The highest BCUT2D eigenvalue weighted by Crippen LogP contribution is 2.15. The predicted octanol–water partition coefficient (Wildman–Crippen LogP) is -0.00240. The highest BCUT2D eigenvalue weighted by atomic mass is 32.1. The van der Waals surface area contributed by atoms with Crippen LogP contribution in [-0.2, 0) is 11.4 Å². The van der Waals surface area contributed by atoms with Gasteiger partial charge in [0.25, 0.3) is 11.9 Å². The van der Waals surface area contributed by atoms with E-state index < -0.39 is 11.9 Å². The normalized spacial score (nSPS) is 12.3. The Balaban J connectivity index is 2.43. The van der Waals surface area contributed by atoms with Crippen LogP contribution in [0.3, 0.4) is 0 Å². The van der Waals surface area contributed by atoms with Gasteiger partial charge < -0.3 is 10.8 Å². The van der Waals surface area contributed by atoms with Crippen molar-refractivity contribution in [3.8, 4) is 0 Å². The minimum absolute atomic E-state index is 0.0792. The molecule has 0 fully saturated rings. The van der Waals surface area contributed by atoms with Gasteiger partial charge in [-0.2, -0.15) is 4.57 Å². The second-order valence-corrected chi connectivity index (χ2v) is 4.42. The molecule has 0 aliphatic carbocycles. The monoisotopic (exact) mass is 250 g/mol. The second-order valence-electron chi connectivity index (χ2n) is 3.49. The summed E-state index contributed by atoms with van der Waals surface area (Å²) < 4.78 is 1.66. The lowest BCUT2D eigenvalue weighted by atomic mass is 10.2. The number of nitrogens with zero attached hydrogens (tertiary/aromatic N) is 2. The fraction of sp³-hybridized carbons (Fsp3) is 0.182. The summed E-state index contributed by atoms with van der Waals surface area (Å²) in [5, 5.41) is 11.5. The maximum Gasteiger partial charge on any atom is 0.294 e. The number of carbonyl (C=O) groups is 1. The first-order valence-electron chi connectivity index (χ1n) is 5.01. The van der Waals surface area contributed by atoms with E-state index in [4.69, 9.17) is 10.8 Å². The average molecular weight is 250 g/mol. The highest BCUT2D eigenvalue weighted by molar-refractivity contribution is 7.09. The van der Waals surface area contributed by atoms with Crippen LogP contribution in [0.1, 0.15) is 16.6 Å². The molecular weight excluding hydrogens is 238 g/mol. The lowest BCUT2D eigenvalue weighted by molar-refractivity contribution is -0.700. The van der Waals surface area contributed by atoms with Gasteiger partial charge in [0.1, 0.15) is 0 Å². The largest absolute Gasteiger partial charge is 0.391 e. The molecule has 1 unspecified atom stereocenters. The number of aromatic nitrogens is 2. The van der Waals surface area contributed by atoms with Gasteiger partial charge in [-0.25, -0.2) is 4.98 Å². The van der Waals surface area contributed by atoms with Crippen molar-refractivity contribution in [1.82, 2.24) is 4.98 Å². The Labute approximate surface area is 102 Å². The molecule has 1 amide bonds. The molecular formula is C11H12N3O2S+. The zero-order valence-corrected chi connectivity index (χ0v) is 9.80. The zero-order chi connectivity index (χ0) is 12.3. The topological polar surface area (TPSA) is 80.1 Å². The Kier molecular flexibility index (Phi) is 3.46. The first kappa shape index (κ1) is 11.7. The molecule has 0 aliphatic rings. The smallest absolute Gasteiger partial charge is 0.294 e. The van der Waals surface area contributed by atoms with E-state index in [1.807, 2.05) is 0 Å². The fourth-order valence-electron chi connectivity index (χ4n) is 1.56. The molecule has 0 saturated carbocycles. The summed E-state index contributed by atoms with van der Waals surface area (Å²) in [5.74, 6) is -0.472. The molecule has 6 heteroatoms.